The van der Waals surface area contributed by atoms with Gasteiger partial charge in [-0.1, -0.05) is 44.9 Å². The quantitative estimate of drug-likeness (QED) is 0.614. The number of hydrogen-bond acceptors (Lipinski definition) is 0. The first-order valence-electron chi connectivity index (χ1n) is 4.13. The van der Waals surface area contributed by atoms with Crippen molar-refractivity contribution in [3.63, 3.8) is 0 Å². The fourth-order valence-electron chi connectivity index (χ4n) is 1.37. The maximum Gasteiger partial charge on any atom is -0.0224 e. The van der Waals surface area contributed by atoms with Gasteiger partial charge in [0.2, 0.25) is 0 Å². The third-order valence-corrected chi connectivity index (χ3v) is 2.14. The standard InChI is InChI=1S/C12H14/c1-5-11-8-7-9(3)10(4)12(11)6-2/h5,7-8H,1,3-4,6H2,2H3. The molecule has 0 spiro atoms. The third kappa shape index (κ3) is 1.33. The Balaban J connectivity index is 3.57. The van der Waals surface area contributed by atoms with E-state index < -0.39 is 0 Å². The number of rotatable bonds is 2. The van der Waals surface area contributed by atoms with E-state index in [0.717, 1.165) is 16.9 Å². The molecule has 0 saturated heterocycles. The minimum absolute atomic E-state index is 0.990. The van der Waals surface area contributed by atoms with E-state index in [2.05, 4.69) is 26.7 Å². The van der Waals surface area contributed by atoms with Gasteiger partial charge in [-0.25, -0.2) is 0 Å². The molecule has 0 atom stereocenters. The van der Waals surface area contributed by atoms with Gasteiger partial charge in [0.05, 0.1) is 0 Å². The van der Waals surface area contributed by atoms with Gasteiger partial charge in [-0.05, 0) is 28.0 Å². The van der Waals surface area contributed by atoms with Crippen LogP contribution < -0.4 is 10.4 Å². The minimum atomic E-state index is 0.990. The summed E-state index contributed by atoms with van der Waals surface area (Å²) in [6.07, 6.45) is 2.86. The lowest BCUT2D eigenvalue weighted by atomic mass is 10.0. The fraction of sp³-hybridized carbons (Fsp3) is 0.167. The molecule has 0 aliphatic heterocycles. The first-order valence-corrected chi connectivity index (χ1v) is 4.13. The maximum absolute atomic E-state index is 3.99. The molecule has 0 aliphatic rings. The van der Waals surface area contributed by atoms with Crippen LogP contribution in [0.4, 0.5) is 0 Å². The molecule has 0 nitrogen and oxygen atoms in total. The minimum Gasteiger partial charge on any atom is -0.0985 e. The van der Waals surface area contributed by atoms with E-state index in [1.54, 1.807) is 0 Å². The second kappa shape index (κ2) is 3.40. The molecule has 1 aromatic rings. The Morgan fingerprint density at radius 3 is 2.50 bits per heavy atom. The molecule has 0 radical (unpaired) electrons. The molecular formula is C12H14. The highest BCUT2D eigenvalue weighted by Gasteiger charge is 1.96. The molecule has 0 amide bonds. The van der Waals surface area contributed by atoms with Gasteiger partial charge < -0.3 is 0 Å². The summed E-state index contributed by atoms with van der Waals surface area (Å²) in [6, 6.07) is 4.03. The second-order valence-corrected chi connectivity index (χ2v) is 2.83. The zero-order valence-electron chi connectivity index (χ0n) is 7.56. The molecule has 0 unspecified atom stereocenters. The monoisotopic (exact) mass is 158 g/mol. The summed E-state index contributed by atoms with van der Waals surface area (Å²) in [6.45, 7) is 13.8. The largest absolute Gasteiger partial charge is 0.0985 e. The van der Waals surface area contributed by atoms with Crippen LogP contribution in [0, 0.1) is 0 Å². The highest BCUT2D eigenvalue weighted by atomic mass is 14.0. The Hall–Kier alpha value is -1.30. The van der Waals surface area contributed by atoms with Crippen LogP contribution in [0.15, 0.2) is 18.7 Å². The lowest BCUT2D eigenvalue weighted by molar-refractivity contribution is 1.11. The highest BCUT2D eigenvalue weighted by molar-refractivity contribution is 5.52. The maximum atomic E-state index is 3.99. The van der Waals surface area contributed by atoms with Gasteiger partial charge in [-0.3, -0.25) is 0 Å². The second-order valence-electron chi connectivity index (χ2n) is 2.83. The van der Waals surface area contributed by atoms with Crippen molar-refractivity contribution < 1.29 is 0 Å². The average molecular weight is 158 g/mol. The molecule has 1 aromatic carbocycles. The number of benzene rings is 1. The molecule has 0 N–H and O–H groups in total. The predicted molar refractivity (Wildman–Crippen MR) is 56.2 cm³/mol. The van der Waals surface area contributed by atoms with Crippen molar-refractivity contribution in [3.8, 4) is 0 Å². The summed E-state index contributed by atoms with van der Waals surface area (Å²) >= 11 is 0. The molecular weight excluding hydrogens is 144 g/mol. The molecule has 0 fully saturated rings. The van der Waals surface area contributed by atoms with E-state index in [-0.39, 0.29) is 0 Å². The summed E-state index contributed by atoms with van der Waals surface area (Å²) in [5.41, 5.74) is 2.44. The molecule has 0 bridgehead atoms. The Labute approximate surface area is 73.6 Å². The van der Waals surface area contributed by atoms with Crippen molar-refractivity contribution in [2.75, 3.05) is 0 Å². The Morgan fingerprint density at radius 2 is 2.00 bits per heavy atom. The third-order valence-electron chi connectivity index (χ3n) is 2.14. The predicted octanol–water partition coefficient (Wildman–Crippen LogP) is 1.71. The molecule has 1 rings (SSSR count). The van der Waals surface area contributed by atoms with Crippen molar-refractivity contribution in [2.24, 2.45) is 0 Å². The van der Waals surface area contributed by atoms with Gasteiger partial charge in [-0.2, -0.15) is 0 Å². The van der Waals surface area contributed by atoms with E-state index in [1.807, 2.05) is 18.2 Å². The van der Waals surface area contributed by atoms with Crippen LogP contribution in [-0.2, 0) is 6.42 Å². The van der Waals surface area contributed by atoms with Crippen molar-refractivity contribution in [1.82, 2.24) is 0 Å². The smallest absolute Gasteiger partial charge is 0.0224 e. The summed E-state index contributed by atoms with van der Waals surface area (Å²) in [5, 5.41) is 2.06. The summed E-state index contributed by atoms with van der Waals surface area (Å²) in [4.78, 5) is 0. The average Bonchev–Trinajstić information content (AvgIpc) is 2.09. The van der Waals surface area contributed by atoms with Crippen LogP contribution >= 0.6 is 0 Å². The molecule has 0 aliphatic carbocycles. The van der Waals surface area contributed by atoms with Crippen molar-refractivity contribution in [3.05, 3.63) is 40.3 Å². The van der Waals surface area contributed by atoms with Crippen LogP contribution in [0.3, 0.4) is 0 Å². The summed E-state index contributed by atoms with van der Waals surface area (Å²) in [5.74, 6) is 0. The van der Waals surface area contributed by atoms with Gasteiger partial charge in [0, 0.05) is 0 Å². The molecule has 0 heterocycles. The van der Waals surface area contributed by atoms with Crippen molar-refractivity contribution in [2.45, 2.75) is 13.3 Å². The Bertz CT molecular complexity index is 385. The van der Waals surface area contributed by atoms with Crippen LogP contribution in [0.25, 0.3) is 19.2 Å². The molecule has 62 valence electrons. The van der Waals surface area contributed by atoms with E-state index >= 15 is 0 Å². The van der Waals surface area contributed by atoms with E-state index in [0.29, 0.717) is 0 Å². The van der Waals surface area contributed by atoms with Gasteiger partial charge >= 0.3 is 0 Å². The molecule has 0 saturated carbocycles. The molecule has 0 heteroatoms. The molecule has 12 heavy (non-hydrogen) atoms. The van der Waals surface area contributed by atoms with Crippen LogP contribution in [0.1, 0.15) is 18.1 Å². The first-order chi connectivity index (χ1) is 5.70. The zero-order chi connectivity index (χ0) is 9.14. The summed E-state index contributed by atoms with van der Waals surface area (Å²) < 4.78 is 0. The van der Waals surface area contributed by atoms with Gasteiger partial charge in [0.25, 0.3) is 0 Å². The SMILES string of the molecule is C=Cc1ccc(=C)c(=C)c1CC. The Kier molecular flexibility index (Phi) is 2.49. The van der Waals surface area contributed by atoms with Crippen LogP contribution in [0.5, 0.6) is 0 Å². The van der Waals surface area contributed by atoms with Crippen LogP contribution in [-0.4, -0.2) is 0 Å². The van der Waals surface area contributed by atoms with Crippen LogP contribution in [0.2, 0.25) is 0 Å². The van der Waals surface area contributed by atoms with E-state index in [9.17, 15) is 0 Å². The zero-order valence-corrected chi connectivity index (χ0v) is 7.56. The van der Waals surface area contributed by atoms with Gasteiger partial charge in [0.15, 0.2) is 0 Å². The first kappa shape index (κ1) is 8.79. The van der Waals surface area contributed by atoms with Gasteiger partial charge in [-0.15, -0.1) is 0 Å². The molecule has 0 aromatic heterocycles. The normalized spacial score (nSPS) is 9.75. The van der Waals surface area contributed by atoms with Crippen molar-refractivity contribution in [1.29, 1.82) is 0 Å². The number of hydrogen-bond donors (Lipinski definition) is 0. The fourth-order valence-corrected chi connectivity index (χ4v) is 1.37. The lowest BCUT2D eigenvalue weighted by Gasteiger charge is -2.03. The lowest BCUT2D eigenvalue weighted by Crippen LogP contribution is -2.26. The highest BCUT2D eigenvalue weighted by Crippen LogP contribution is 2.03. The topological polar surface area (TPSA) is 0 Å². The van der Waals surface area contributed by atoms with E-state index in [4.69, 9.17) is 0 Å². The van der Waals surface area contributed by atoms with Gasteiger partial charge in [0.1, 0.15) is 0 Å². The summed E-state index contributed by atoms with van der Waals surface area (Å²) in [7, 11) is 0. The van der Waals surface area contributed by atoms with E-state index in [1.165, 1.54) is 11.1 Å². The Morgan fingerprint density at radius 1 is 1.33 bits per heavy atom. The van der Waals surface area contributed by atoms with Crippen molar-refractivity contribution >= 4 is 19.2 Å².